The average Bonchev–Trinajstić information content (AvgIpc) is 3.02. The maximum atomic E-state index is 13.9. The van der Waals surface area contributed by atoms with E-state index in [4.69, 9.17) is 14.2 Å². The number of nitrogens with zero attached hydrogens (tertiary/aromatic N) is 3. The van der Waals surface area contributed by atoms with Gasteiger partial charge < -0.3 is 14.2 Å². The number of aryl methyl sites for hydroxylation is 1. The molecule has 1 aromatic heterocycles. The Balaban J connectivity index is 1.50. The van der Waals surface area contributed by atoms with E-state index >= 15 is 0 Å². The summed E-state index contributed by atoms with van der Waals surface area (Å²) in [7, 11) is 1.57. The predicted molar refractivity (Wildman–Crippen MR) is 159 cm³/mol. The smallest absolute Gasteiger partial charge is 0.331 e. The Labute approximate surface area is 241 Å². The third kappa shape index (κ3) is 6.17. The summed E-state index contributed by atoms with van der Waals surface area (Å²) in [6, 6.07) is 28.0. The predicted octanol–water partition coefficient (Wildman–Crippen LogP) is 5.18. The highest BCUT2D eigenvalue weighted by molar-refractivity contribution is 5.84. The van der Waals surface area contributed by atoms with Crippen LogP contribution in [0.15, 0.2) is 107 Å². The fraction of sp³-hybridized carbons (Fsp3) is 0.188. The molecular formula is C32H29N3O7. The van der Waals surface area contributed by atoms with Gasteiger partial charge in [-0.1, -0.05) is 60.7 Å². The number of hydrogen-bond donors (Lipinski definition) is 0. The van der Waals surface area contributed by atoms with E-state index in [1.807, 2.05) is 30.3 Å². The molecule has 0 saturated carbocycles. The third-order valence-corrected chi connectivity index (χ3v) is 6.79. The Morgan fingerprint density at radius 2 is 1.48 bits per heavy atom. The number of fused-ring (bicyclic) bond motifs is 1. The summed E-state index contributed by atoms with van der Waals surface area (Å²) >= 11 is 0. The fourth-order valence-electron chi connectivity index (χ4n) is 4.69. The number of methoxy groups -OCH3 is 1. The van der Waals surface area contributed by atoms with Crippen molar-refractivity contribution in [2.24, 2.45) is 0 Å². The normalized spacial score (nSPS) is 10.9. The lowest BCUT2D eigenvalue weighted by molar-refractivity contribution is -0.385. The molecule has 0 amide bonds. The first kappa shape index (κ1) is 28.2. The topological polar surface area (TPSA) is 115 Å². The molecule has 0 radical (unpaired) electrons. The molecule has 1 heterocycles. The number of benzene rings is 4. The van der Waals surface area contributed by atoms with Crippen LogP contribution >= 0.6 is 0 Å². The molecule has 0 fully saturated rings. The lowest BCUT2D eigenvalue weighted by Gasteiger charge is -2.17. The first-order chi connectivity index (χ1) is 20.5. The van der Waals surface area contributed by atoms with Crippen molar-refractivity contribution < 1.29 is 19.1 Å². The van der Waals surface area contributed by atoms with Crippen LogP contribution < -0.4 is 25.5 Å². The molecule has 5 aromatic rings. The average molecular weight is 568 g/mol. The van der Waals surface area contributed by atoms with Gasteiger partial charge in [0.05, 0.1) is 30.6 Å². The van der Waals surface area contributed by atoms with Gasteiger partial charge in [0.15, 0.2) is 5.75 Å². The van der Waals surface area contributed by atoms with E-state index in [0.29, 0.717) is 28.8 Å². The summed E-state index contributed by atoms with van der Waals surface area (Å²) in [5.74, 6) is 1.22. The Hall–Kier alpha value is -5.38. The highest BCUT2D eigenvalue weighted by Crippen LogP contribution is 2.27. The Morgan fingerprint density at radius 3 is 2.21 bits per heavy atom. The van der Waals surface area contributed by atoms with Gasteiger partial charge in [0.1, 0.15) is 23.6 Å². The van der Waals surface area contributed by atoms with Crippen LogP contribution in [0.3, 0.4) is 0 Å². The van der Waals surface area contributed by atoms with Crippen LogP contribution in [0.25, 0.3) is 10.9 Å². The molecule has 0 bridgehead atoms. The number of nitro groups is 1. The molecule has 4 aromatic carbocycles. The minimum atomic E-state index is -0.501. The maximum Gasteiger partial charge on any atom is 0.331 e. The quantitative estimate of drug-likeness (QED) is 0.116. The van der Waals surface area contributed by atoms with Crippen LogP contribution in [0.2, 0.25) is 0 Å². The van der Waals surface area contributed by atoms with Gasteiger partial charge in [0.25, 0.3) is 5.56 Å². The van der Waals surface area contributed by atoms with Gasteiger partial charge >= 0.3 is 11.4 Å². The van der Waals surface area contributed by atoms with Crippen LogP contribution in [-0.2, 0) is 19.7 Å². The lowest BCUT2D eigenvalue weighted by Crippen LogP contribution is -2.40. The number of hydrogen-bond acceptors (Lipinski definition) is 7. The Bertz CT molecular complexity index is 1810. The zero-order valence-electron chi connectivity index (χ0n) is 23.0. The lowest BCUT2D eigenvalue weighted by atomic mass is 10.2. The molecule has 10 nitrogen and oxygen atoms in total. The van der Waals surface area contributed by atoms with Crippen molar-refractivity contribution in [1.82, 2.24) is 9.13 Å². The number of para-hydroxylation sites is 3. The summed E-state index contributed by atoms with van der Waals surface area (Å²) in [6.45, 7) is 0.622. The highest BCUT2D eigenvalue weighted by Gasteiger charge is 2.18. The highest BCUT2D eigenvalue weighted by atomic mass is 16.6. The number of ether oxygens (including phenoxy) is 3. The summed E-state index contributed by atoms with van der Waals surface area (Å²) in [5.41, 5.74) is 1.03. The van der Waals surface area contributed by atoms with Crippen molar-refractivity contribution >= 4 is 16.6 Å². The Kier molecular flexibility index (Phi) is 8.62. The van der Waals surface area contributed by atoms with E-state index in [0.717, 1.165) is 11.1 Å². The molecule has 0 aliphatic rings. The standard InChI is InChI=1S/C32H29N3O7/c1-40-25-17-15-23(16-18-25)21-34-31(36)26-11-7-14-29(42-22-24-9-3-2-4-10-24)30(26)33(32(34)37)19-8-20-41-28-13-6-5-12-27(28)35(38)39/h2-7,9-18H,8,19-22H2,1H3. The molecule has 0 N–H and O–H groups in total. The van der Waals surface area contributed by atoms with Crippen molar-refractivity contribution in [1.29, 1.82) is 0 Å². The molecule has 5 rings (SSSR count). The SMILES string of the molecule is COc1ccc(Cn2c(=O)c3cccc(OCc4ccccc4)c3n(CCCOc3ccccc3[N+](=O)[O-])c2=O)cc1. The van der Waals surface area contributed by atoms with Crippen LogP contribution in [0, 0.1) is 10.1 Å². The van der Waals surface area contributed by atoms with E-state index < -0.39 is 16.2 Å². The first-order valence-corrected chi connectivity index (χ1v) is 13.4. The molecular weight excluding hydrogens is 538 g/mol. The van der Waals surface area contributed by atoms with Gasteiger partial charge in [0, 0.05) is 12.6 Å². The van der Waals surface area contributed by atoms with Gasteiger partial charge in [-0.2, -0.15) is 0 Å². The second-order valence-corrected chi connectivity index (χ2v) is 9.53. The molecule has 0 aliphatic heterocycles. The van der Waals surface area contributed by atoms with Crippen LogP contribution in [0.5, 0.6) is 17.2 Å². The minimum absolute atomic E-state index is 0.0689. The monoisotopic (exact) mass is 567 g/mol. The molecule has 214 valence electrons. The molecule has 10 heteroatoms. The minimum Gasteiger partial charge on any atom is -0.497 e. The number of rotatable bonds is 12. The molecule has 42 heavy (non-hydrogen) atoms. The van der Waals surface area contributed by atoms with Crippen LogP contribution in [-0.4, -0.2) is 27.8 Å². The number of aromatic nitrogens is 2. The van der Waals surface area contributed by atoms with Crippen LogP contribution in [0.4, 0.5) is 5.69 Å². The molecule has 0 atom stereocenters. The number of nitro benzene ring substituents is 1. The van der Waals surface area contributed by atoms with Gasteiger partial charge in [-0.15, -0.1) is 0 Å². The van der Waals surface area contributed by atoms with Gasteiger partial charge in [-0.25, -0.2) is 4.79 Å². The van der Waals surface area contributed by atoms with E-state index in [9.17, 15) is 19.7 Å². The van der Waals surface area contributed by atoms with Gasteiger partial charge in [-0.05, 0) is 47.9 Å². The van der Waals surface area contributed by atoms with Crippen LogP contribution in [0.1, 0.15) is 17.5 Å². The third-order valence-electron chi connectivity index (χ3n) is 6.79. The zero-order chi connectivity index (χ0) is 29.5. The van der Waals surface area contributed by atoms with Gasteiger partial charge in [-0.3, -0.25) is 24.0 Å². The van der Waals surface area contributed by atoms with Crippen molar-refractivity contribution in [3.8, 4) is 17.2 Å². The zero-order valence-corrected chi connectivity index (χ0v) is 23.0. The largest absolute Gasteiger partial charge is 0.497 e. The van der Waals surface area contributed by atoms with Crippen molar-refractivity contribution in [2.45, 2.75) is 26.1 Å². The molecule has 0 aliphatic carbocycles. The van der Waals surface area contributed by atoms with Gasteiger partial charge in [0.2, 0.25) is 0 Å². The van der Waals surface area contributed by atoms with E-state index in [-0.39, 0.29) is 37.7 Å². The van der Waals surface area contributed by atoms with Crippen molar-refractivity contribution in [3.63, 3.8) is 0 Å². The van der Waals surface area contributed by atoms with E-state index in [1.54, 1.807) is 61.7 Å². The van der Waals surface area contributed by atoms with E-state index in [1.165, 1.54) is 21.3 Å². The summed E-state index contributed by atoms with van der Waals surface area (Å²) < 4.78 is 19.8. The molecule has 0 unspecified atom stereocenters. The second-order valence-electron chi connectivity index (χ2n) is 9.53. The van der Waals surface area contributed by atoms with Crippen molar-refractivity contribution in [2.75, 3.05) is 13.7 Å². The summed E-state index contributed by atoms with van der Waals surface area (Å²) in [5, 5.41) is 11.7. The second kappa shape index (κ2) is 12.9. The molecule has 0 saturated heterocycles. The fourth-order valence-corrected chi connectivity index (χ4v) is 4.69. The summed E-state index contributed by atoms with van der Waals surface area (Å²) in [6.07, 6.45) is 0.342. The first-order valence-electron chi connectivity index (χ1n) is 13.4. The summed E-state index contributed by atoms with van der Waals surface area (Å²) in [4.78, 5) is 38.4. The van der Waals surface area contributed by atoms with Crippen molar-refractivity contribution in [3.05, 3.63) is 139 Å². The Morgan fingerprint density at radius 1 is 0.762 bits per heavy atom. The maximum absolute atomic E-state index is 13.9. The van der Waals surface area contributed by atoms with E-state index in [2.05, 4.69) is 0 Å². The molecule has 0 spiro atoms.